The fraction of sp³-hybridized carbons (Fsp3) is 0.412. The van der Waals surface area contributed by atoms with E-state index in [1.54, 1.807) is 20.3 Å². The molecule has 1 aromatic heterocycles. The molecule has 0 spiro atoms. The van der Waals surface area contributed by atoms with E-state index < -0.39 is 0 Å². The van der Waals surface area contributed by atoms with E-state index in [2.05, 4.69) is 29.1 Å². The summed E-state index contributed by atoms with van der Waals surface area (Å²) in [6.45, 7) is 4.92. The Labute approximate surface area is 131 Å². The molecular formula is C17H23N3O2. The average Bonchev–Trinajstić information content (AvgIpc) is 2.52. The first-order valence-electron chi connectivity index (χ1n) is 7.40. The van der Waals surface area contributed by atoms with Gasteiger partial charge in [0.25, 0.3) is 0 Å². The molecule has 0 aliphatic carbocycles. The Bertz CT molecular complexity index is 615. The van der Waals surface area contributed by atoms with Crippen molar-refractivity contribution in [1.82, 2.24) is 9.97 Å². The second-order valence-corrected chi connectivity index (χ2v) is 5.48. The molecule has 0 amide bonds. The van der Waals surface area contributed by atoms with Gasteiger partial charge in [-0.05, 0) is 12.0 Å². The third kappa shape index (κ3) is 4.35. The predicted octanol–water partition coefficient (Wildman–Crippen LogP) is 3.30. The van der Waals surface area contributed by atoms with Gasteiger partial charge in [0.05, 0.1) is 14.2 Å². The largest absolute Gasteiger partial charge is 0.496 e. The number of hydrogen-bond donors (Lipinski definition) is 1. The van der Waals surface area contributed by atoms with E-state index in [9.17, 15) is 0 Å². The van der Waals surface area contributed by atoms with Crippen molar-refractivity contribution in [2.45, 2.75) is 26.8 Å². The SMILES string of the molecule is COc1cc(NCc2ccccc2OC)nc(CC(C)C)n1. The van der Waals surface area contributed by atoms with Crippen molar-refractivity contribution in [1.29, 1.82) is 0 Å². The zero-order chi connectivity index (χ0) is 15.9. The lowest BCUT2D eigenvalue weighted by Gasteiger charge is -2.12. The van der Waals surface area contributed by atoms with Crippen molar-refractivity contribution < 1.29 is 9.47 Å². The Morgan fingerprint density at radius 3 is 2.55 bits per heavy atom. The first-order chi connectivity index (χ1) is 10.6. The van der Waals surface area contributed by atoms with Crippen molar-refractivity contribution in [2.24, 2.45) is 5.92 Å². The molecule has 0 aliphatic heterocycles. The van der Waals surface area contributed by atoms with Gasteiger partial charge in [-0.25, -0.2) is 4.98 Å². The van der Waals surface area contributed by atoms with E-state index in [1.165, 1.54) is 0 Å². The van der Waals surface area contributed by atoms with Crippen LogP contribution in [0.3, 0.4) is 0 Å². The quantitative estimate of drug-likeness (QED) is 0.850. The molecule has 1 aromatic carbocycles. The smallest absolute Gasteiger partial charge is 0.218 e. The van der Waals surface area contributed by atoms with Crippen LogP contribution in [0.15, 0.2) is 30.3 Å². The highest BCUT2D eigenvalue weighted by Crippen LogP contribution is 2.20. The number of rotatable bonds is 7. The summed E-state index contributed by atoms with van der Waals surface area (Å²) in [4.78, 5) is 8.93. The maximum Gasteiger partial charge on any atom is 0.218 e. The molecule has 2 aromatic rings. The number of hydrogen-bond acceptors (Lipinski definition) is 5. The van der Waals surface area contributed by atoms with Crippen molar-refractivity contribution in [2.75, 3.05) is 19.5 Å². The Hall–Kier alpha value is -2.30. The lowest BCUT2D eigenvalue weighted by atomic mass is 10.1. The van der Waals surface area contributed by atoms with Gasteiger partial charge in [-0.3, -0.25) is 0 Å². The summed E-state index contributed by atoms with van der Waals surface area (Å²) < 4.78 is 10.6. The Kier molecular flexibility index (Phi) is 5.58. The normalized spacial score (nSPS) is 10.6. The number of benzene rings is 1. The minimum absolute atomic E-state index is 0.495. The van der Waals surface area contributed by atoms with Crippen LogP contribution in [0, 0.1) is 5.92 Å². The Morgan fingerprint density at radius 2 is 1.86 bits per heavy atom. The summed E-state index contributed by atoms with van der Waals surface area (Å²) in [6, 6.07) is 9.72. The number of nitrogens with zero attached hydrogens (tertiary/aromatic N) is 2. The summed E-state index contributed by atoms with van der Waals surface area (Å²) >= 11 is 0. The highest BCUT2D eigenvalue weighted by Gasteiger charge is 2.08. The van der Waals surface area contributed by atoms with Crippen LogP contribution in [0.25, 0.3) is 0 Å². The summed E-state index contributed by atoms with van der Waals surface area (Å²) in [7, 11) is 3.29. The molecule has 0 radical (unpaired) electrons. The van der Waals surface area contributed by atoms with Gasteiger partial charge in [-0.1, -0.05) is 32.0 Å². The molecule has 2 rings (SSSR count). The lowest BCUT2D eigenvalue weighted by Crippen LogP contribution is -2.08. The topological polar surface area (TPSA) is 56.3 Å². The molecule has 0 bridgehead atoms. The molecule has 0 aliphatic rings. The van der Waals surface area contributed by atoms with Gasteiger partial charge in [0, 0.05) is 24.6 Å². The average molecular weight is 301 g/mol. The van der Waals surface area contributed by atoms with Gasteiger partial charge in [-0.15, -0.1) is 0 Å². The first kappa shape index (κ1) is 16.1. The lowest BCUT2D eigenvalue weighted by molar-refractivity contribution is 0.394. The monoisotopic (exact) mass is 301 g/mol. The molecule has 118 valence electrons. The maximum atomic E-state index is 5.36. The van der Waals surface area contributed by atoms with Gasteiger partial charge in [0.15, 0.2) is 0 Å². The summed E-state index contributed by atoms with van der Waals surface area (Å²) in [5.74, 6) is 3.48. The number of nitrogens with one attached hydrogen (secondary N) is 1. The second kappa shape index (κ2) is 7.64. The second-order valence-electron chi connectivity index (χ2n) is 5.48. The highest BCUT2D eigenvalue weighted by molar-refractivity contribution is 5.42. The van der Waals surface area contributed by atoms with Crippen molar-refractivity contribution >= 4 is 5.82 Å². The number of anilines is 1. The zero-order valence-corrected chi connectivity index (χ0v) is 13.6. The van der Waals surface area contributed by atoms with Crippen LogP contribution < -0.4 is 14.8 Å². The van der Waals surface area contributed by atoms with Gasteiger partial charge < -0.3 is 14.8 Å². The number of para-hydroxylation sites is 1. The fourth-order valence-corrected chi connectivity index (χ4v) is 2.16. The van der Waals surface area contributed by atoms with E-state index in [1.807, 2.05) is 24.3 Å². The number of aromatic nitrogens is 2. The Morgan fingerprint density at radius 1 is 1.09 bits per heavy atom. The molecule has 5 heteroatoms. The van der Waals surface area contributed by atoms with Crippen molar-refractivity contribution in [3.63, 3.8) is 0 Å². The summed E-state index contributed by atoms with van der Waals surface area (Å²) in [6.07, 6.45) is 0.820. The van der Waals surface area contributed by atoms with Crippen LogP contribution >= 0.6 is 0 Å². The van der Waals surface area contributed by atoms with Crippen LogP contribution in [0.2, 0.25) is 0 Å². The molecule has 5 nitrogen and oxygen atoms in total. The summed E-state index contributed by atoms with van der Waals surface area (Å²) in [5.41, 5.74) is 1.08. The third-order valence-corrected chi connectivity index (χ3v) is 3.20. The molecule has 1 N–H and O–H groups in total. The summed E-state index contributed by atoms with van der Waals surface area (Å²) in [5, 5.41) is 3.31. The standard InChI is InChI=1S/C17H23N3O2/c1-12(2)9-16-19-15(10-17(20-16)22-4)18-11-13-7-5-6-8-14(13)21-3/h5-8,10,12H,9,11H2,1-4H3,(H,18,19,20). The fourth-order valence-electron chi connectivity index (χ4n) is 2.16. The molecule has 22 heavy (non-hydrogen) atoms. The molecule has 0 atom stereocenters. The van der Waals surface area contributed by atoms with Gasteiger partial charge in [0.1, 0.15) is 17.4 Å². The molecular weight excluding hydrogens is 278 g/mol. The zero-order valence-electron chi connectivity index (χ0n) is 13.6. The van der Waals surface area contributed by atoms with Gasteiger partial charge >= 0.3 is 0 Å². The van der Waals surface area contributed by atoms with Gasteiger partial charge in [0.2, 0.25) is 5.88 Å². The first-order valence-corrected chi connectivity index (χ1v) is 7.40. The number of ether oxygens (including phenoxy) is 2. The predicted molar refractivity (Wildman–Crippen MR) is 87.4 cm³/mol. The molecule has 1 heterocycles. The van der Waals surface area contributed by atoms with Crippen LogP contribution in [0.4, 0.5) is 5.82 Å². The molecule has 0 unspecified atom stereocenters. The van der Waals surface area contributed by atoms with Crippen LogP contribution in [0.5, 0.6) is 11.6 Å². The molecule has 0 saturated carbocycles. The van der Waals surface area contributed by atoms with E-state index in [0.29, 0.717) is 18.3 Å². The highest BCUT2D eigenvalue weighted by atomic mass is 16.5. The molecule has 0 saturated heterocycles. The van der Waals surface area contributed by atoms with E-state index in [4.69, 9.17) is 9.47 Å². The maximum absolute atomic E-state index is 5.36. The van der Waals surface area contributed by atoms with Crippen LogP contribution in [-0.4, -0.2) is 24.2 Å². The van der Waals surface area contributed by atoms with E-state index in [-0.39, 0.29) is 0 Å². The third-order valence-electron chi connectivity index (χ3n) is 3.20. The number of methoxy groups -OCH3 is 2. The molecule has 0 fully saturated rings. The van der Waals surface area contributed by atoms with Crippen molar-refractivity contribution in [3.05, 3.63) is 41.7 Å². The Balaban J connectivity index is 2.14. The van der Waals surface area contributed by atoms with Crippen LogP contribution in [-0.2, 0) is 13.0 Å². The van der Waals surface area contributed by atoms with Crippen LogP contribution in [0.1, 0.15) is 25.2 Å². The van der Waals surface area contributed by atoms with E-state index in [0.717, 1.165) is 29.4 Å². The minimum Gasteiger partial charge on any atom is -0.496 e. The van der Waals surface area contributed by atoms with Crippen molar-refractivity contribution in [3.8, 4) is 11.6 Å². The minimum atomic E-state index is 0.495. The van der Waals surface area contributed by atoms with Gasteiger partial charge in [-0.2, -0.15) is 4.98 Å². The van der Waals surface area contributed by atoms with E-state index >= 15 is 0 Å².